The number of carbonyl (C=O) groups is 1. The van der Waals surface area contributed by atoms with E-state index >= 15 is 0 Å². The monoisotopic (exact) mass is 350 g/mol. The maximum Gasteiger partial charge on any atom is 0.253 e. The summed E-state index contributed by atoms with van der Waals surface area (Å²) in [5.74, 6) is -0.0126. The Labute approximate surface area is 154 Å². The molecule has 1 N–H and O–H groups in total. The van der Waals surface area contributed by atoms with Crippen LogP contribution in [0.15, 0.2) is 41.2 Å². The second kappa shape index (κ2) is 7.48. The number of carbonyl (C=O) groups excluding carboxylic acids is 1. The standard InChI is InChI=1S/C22H26N2O2/c25-20-15-18(16-9-4-3-5-10-16)21(19-13-8-14-24(19)20)22(26)23-17-11-6-1-2-7-12-17/h3-5,9-10,15,17H,1-2,6-8,11-14H2,(H,23,26). The van der Waals surface area contributed by atoms with Gasteiger partial charge in [-0.2, -0.15) is 0 Å². The van der Waals surface area contributed by atoms with Crippen LogP contribution in [0.5, 0.6) is 0 Å². The average molecular weight is 350 g/mol. The predicted octanol–water partition coefficient (Wildman–Crippen LogP) is 3.91. The zero-order valence-electron chi connectivity index (χ0n) is 15.2. The Kier molecular flexibility index (Phi) is 4.91. The summed E-state index contributed by atoms with van der Waals surface area (Å²) in [4.78, 5) is 25.8. The molecule has 1 amide bonds. The van der Waals surface area contributed by atoms with Crippen molar-refractivity contribution in [2.24, 2.45) is 0 Å². The molecule has 26 heavy (non-hydrogen) atoms. The number of aromatic nitrogens is 1. The molecule has 1 fully saturated rings. The first-order valence-corrected chi connectivity index (χ1v) is 9.87. The fraction of sp³-hybridized carbons (Fsp3) is 0.455. The van der Waals surface area contributed by atoms with Gasteiger partial charge in [0, 0.05) is 29.9 Å². The van der Waals surface area contributed by atoms with Gasteiger partial charge in [0.2, 0.25) is 0 Å². The van der Waals surface area contributed by atoms with Crippen molar-refractivity contribution in [3.63, 3.8) is 0 Å². The van der Waals surface area contributed by atoms with Gasteiger partial charge in [0.1, 0.15) is 0 Å². The lowest BCUT2D eigenvalue weighted by Crippen LogP contribution is -2.36. The van der Waals surface area contributed by atoms with Gasteiger partial charge < -0.3 is 9.88 Å². The van der Waals surface area contributed by atoms with E-state index in [4.69, 9.17) is 0 Å². The van der Waals surface area contributed by atoms with E-state index < -0.39 is 0 Å². The first-order chi connectivity index (χ1) is 12.7. The zero-order valence-corrected chi connectivity index (χ0v) is 15.2. The highest BCUT2D eigenvalue weighted by atomic mass is 16.2. The third-order valence-corrected chi connectivity index (χ3v) is 5.72. The van der Waals surface area contributed by atoms with E-state index in [9.17, 15) is 9.59 Å². The van der Waals surface area contributed by atoms with Gasteiger partial charge in [0.25, 0.3) is 11.5 Å². The molecular formula is C22H26N2O2. The van der Waals surface area contributed by atoms with Crippen LogP contribution in [-0.2, 0) is 13.0 Å². The molecule has 0 radical (unpaired) electrons. The Morgan fingerprint density at radius 2 is 1.73 bits per heavy atom. The SMILES string of the molecule is O=C(NC1CCCCCC1)c1c(-c2ccccc2)cc(=O)n2c1CCC2. The molecule has 1 saturated carbocycles. The molecule has 0 bridgehead atoms. The molecule has 4 nitrogen and oxygen atoms in total. The van der Waals surface area contributed by atoms with Crippen LogP contribution in [0, 0.1) is 0 Å². The van der Waals surface area contributed by atoms with Crippen LogP contribution in [0.4, 0.5) is 0 Å². The molecule has 0 atom stereocenters. The average Bonchev–Trinajstić information content (AvgIpc) is 3.01. The lowest BCUT2D eigenvalue weighted by atomic mass is 9.96. The van der Waals surface area contributed by atoms with Crippen molar-refractivity contribution in [3.05, 3.63) is 58.0 Å². The van der Waals surface area contributed by atoms with Gasteiger partial charge in [-0.25, -0.2) is 0 Å². The van der Waals surface area contributed by atoms with Crippen LogP contribution in [-0.4, -0.2) is 16.5 Å². The number of rotatable bonds is 3. The van der Waals surface area contributed by atoms with Crippen LogP contribution < -0.4 is 10.9 Å². The number of nitrogens with one attached hydrogen (secondary N) is 1. The number of pyridine rings is 1. The van der Waals surface area contributed by atoms with E-state index in [2.05, 4.69) is 5.32 Å². The van der Waals surface area contributed by atoms with E-state index in [-0.39, 0.29) is 17.5 Å². The highest BCUT2D eigenvalue weighted by Gasteiger charge is 2.26. The van der Waals surface area contributed by atoms with Crippen LogP contribution in [0.3, 0.4) is 0 Å². The second-order valence-corrected chi connectivity index (χ2v) is 7.50. The molecule has 4 heteroatoms. The van der Waals surface area contributed by atoms with E-state index in [1.807, 2.05) is 30.3 Å². The normalized spacial score (nSPS) is 17.5. The topological polar surface area (TPSA) is 51.1 Å². The number of amides is 1. The second-order valence-electron chi connectivity index (χ2n) is 7.50. The molecule has 0 saturated heterocycles. The number of hydrogen-bond acceptors (Lipinski definition) is 2. The Morgan fingerprint density at radius 3 is 2.46 bits per heavy atom. The van der Waals surface area contributed by atoms with E-state index in [1.54, 1.807) is 10.6 Å². The van der Waals surface area contributed by atoms with E-state index in [0.29, 0.717) is 12.1 Å². The molecule has 4 rings (SSSR count). The van der Waals surface area contributed by atoms with Crippen LogP contribution in [0.2, 0.25) is 0 Å². The van der Waals surface area contributed by atoms with E-state index in [1.165, 1.54) is 25.7 Å². The molecule has 1 aromatic heterocycles. The molecule has 2 aromatic rings. The molecule has 0 unspecified atom stereocenters. The van der Waals surface area contributed by atoms with Crippen LogP contribution in [0.1, 0.15) is 61.0 Å². The van der Waals surface area contributed by atoms with Gasteiger partial charge in [-0.15, -0.1) is 0 Å². The van der Waals surface area contributed by atoms with Gasteiger partial charge >= 0.3 is 0 Å². The van der Waals surface area contributed by atoms with Gasteiger partial charge in [-0.05, 0) is 31.2 Å². The molecule has 2 aliphatic rings. The quantitative estimate of drug-likeness (QED) is 0.853. The molecular weight excluding hydrogens is 324 g/mol. The molecule has 2 heterocycles. The van der Waals surface area contributed by atoms with Crippen molar-refractivity contribution >= 4 is 5.91 Å². The smallest absolute Gasteiger partial charge is 0.253 e. The zero-order chi connectivity index (χ0) is 17.9. The summed E-state index contributed by atoms with van der Waals surface area (Å²) in [6, 6.07) is 11.7. The molecule has 0 spiro atoms. The van der Waals surface area contributed by atoms with Crippen molar-refractivity contribution in [2.75, 3.05) is 0 Å². The van der Waals surface area contributed by atoms with Crippen LogP contribution in [0.25, 0.3) is 11.1 Å². The Balaban J connectivity index is 1.75. The van der Waals surface area contributed by atoms with Crippen molar-refractivity contribution in [1.82, 2.24) is 9.88 Å². The summed E-state index contributed by atoms with van der Waals surface area (Å²) in [6.45, 7) is 0.715. The van der Waals surface area contributed by atoms with Gasteiger partial charge in [0.05, 0.1) is 5.56 Å². The Bertz CT molecular complexity index is 846. The fourth-order valence-corrected chi connectivity index (χ4v) is 4.39. The minimum atomic E-state index is -0.0126. The molecule has 1 aliphatic heterocycles. The first-order valence-electron chi connectivity index (χ1n) is 9.87. The number of fused-ring (bicyclic) bond motifs is 1. The largest absolute Gasteiger partial charge is 0.349 e. The minimum Gasteiger partial charge on any atom is -0.349 e. The Hall–Kier alpha value is -2.36. The third kappa shape index (κ3) is 3.33. The minimum absolute atomic E-state index is 0.00219. The van der Waals surface area contributed by atoms with Gasteiger partial charge in [-0.3, -0.25) is 9.59 Å². The van der Waals surface area contributed by atoms with Crippen molar-refractivity contribution in [3.8, 4) is 11.1 Å². The molecule has 136 valence electrons. The highest BCUT2D eigenvalue weighted by molar-refractivity contribution is 6.02. The highest BCUT2D eigenvalue weighted by Crippen LogP contribution is 2.29. The first kappa shape index (κ1) is 17.1. The van der Waals surface area contributed by atoms with Crippen LogP contribution >= 0.6 is 0 Å². The summed E-state index contributed by atoms with van der Waals surface area (Å²) >= 11 is 0. The summed E-state index contributed by atoms with van der Waals surface area (Å²) in [6.07, 6.45) is 8.73. The Morgan fingerprint density at radius 1 is 1.00 bits per heavy atom. The van der Waals surface area contributed by atoms with Gasteiger partial charge in [0.15, 0.2) is 0 Å². The molecule has 1 aliphatic carbocycles. The summed E-state index contributed by atoms with van der Waals surface area (Å²) in [7, 11) is 0. The van der Waals surface area contributed by atoms with E-state index in [0.717, 1.165) is 42.5 Å². The summed E-state index contributed by atoms with van der Waals surface area (Å²) in [5, 5.41) is 3.28. The maximum atomic E-state index is 13.3. The maximum absolute atomic E-state index is 13.3. The number of benzene rings is 1. The third-order valence-electron chi connectivity index (χ3n) is 5.72. The van der Waals surface area contributed by atoms with Crippen molar-refractivity contribution in [1.29, 1.82) is 0 Å². The lowest BCUT2D eigenvalue weighted by Gasteiger charge is -2.20. The van der Waals surface area contributed by atoms with Crippen molar-refractivity contribution in [2.45, 2.75) is 64.0 Å². The molecule has 1 aromatic carbocycles. The van der Waals surface area contributed by atoms with Crippen molar-refractivity contribution < 1.29 is 4.79 Å². The number of nitrogens with zero attached hydrogens (tertiary/aromatic N) is 1. The van der Waals surface area contributed by atoms with Gasteiger partial charge in [-0.1, -0.05) is 56.0 Å². The summed E-state index contributed by atoms with van der Waals surface area (Å²) in [5.41, 5.74) is 3.32. The number of hydrogen-bond donors (Lipinski definition) is 1. The predicted molar refractivity (Wildman–Crippen MR) is 103 cm³/mol. The summed E-state index contributed by atoms with van der Waals surface area (Å²) < 4.78 is 1.79. The lowest BCUT2D eigenvalue weighted by molar-refractivity contribution is 0.0932. The fourth-order valence-electron chi connectivity index (χ4n) is 4.39.